The summed E-state index contributed by atoms with van der Waals surface area (Å²) in [4.78, 5) is 0. The van der Waals surface area contributed by atoms with Crippen molar-refractivity contribution in [1.29, 1.82) is 10.8 Å². The van der Waals surface area contributed by atoms with Gasteiger partial charge in [0.15, 0.2) is 0 Å². The molecule has 2 heteroatoms. The fourth-order valence-corrected chi connectivity index (χ4v) is 0.311. The molecule has 0 radical (unpaired) electrons. The van der Waals surface area contributed by atoms with E-state index in [2.05, 4.69) is 11.7 Å². The number of nitrogens with one attached hydrogen (secondary N) is 2. The molecule has 0 unspecified atom stereocenters. The molecule has 0 amide bonds. The third kappa shape index (κ3) is 4.90. The zero-order chi connectivity index (χ0) is 6.24. The normalized spacial score (nSPS) is 6.50. The molecule has 2 N–H and O–H groups in total. The lowest BCUT2D eigenvalue weighted by Gasteiger charge is -1.75. The third-order valence-electron chi connectivity index (χ3n) is 0.659. The van der Waals surface area contributed by atoms with E-state index >= 15 is 0 Å². The molecule has 0 rings (SSSR count). The molecule has 0 atom stereocenters. The van der Waals surface area contributed by atoms with Gasteiger partial charge in [0.05, 0.1) is 0 Å². The first-order chi connectivity index (χ1) is 3.91. The van der Waals surface area contributed by atoms with Gasteiger partial charge in [-0.15, -0.1) is 0 Å². The van der Waals surface area contributed by atoms with Crippen molar-refractivity contribution in [3.63, 3.8) is 0 Å². The number of rotatable bonds is 3. The smallest absolute Gasteiger partial charge is 0.0218 e. The van der Waals surface area contributed by atoms with Gasteiger partial charge in [0.2, 0.25) is 0 Å². The number of hydrogen-bond donors (Lipinski definition) is 2. The van der Waals surface area contributed by atoms with Crippen molar-refractivity contribution in [2.24, 2.45) is 0 Å². The summed E-state index contributed by atoms with van der Waals surface area (Å²) in [6.07, 6.45) is 4.81. The molecule has 0 aliphatic carbocycles. The van der Waals surface area contributed by atoms with Crippen LogP contribution < -0.4 is 0 Å². The van der Waals surface area contributed by atoms with E-state index in [0.717, 1.165) is 12.8 Å². The van der Waals surface area contributed by atoms with Gasteiger partial charge in [-0.25, -0.2) is 0 Å². The number of hydrogen-bond acceptors (Lipinski definition) is 2. The van der Waals surface area contributed by atoms with E-state index in [1.807, 2.05) is 0 Å². The summed E-state index contributed by atoms with van der Waals surface area (Å²) < 4.78 is 0. The minimum atomic E-state index is 0.787. The van der Waals surface area contributed by atoms with E-state index in [1.54, 1.807) is 12.2 Å². The maximum Gasteiger partial charge on any atom is -0.0218 e. The molecule has 0 saturated carbocycles. The Kier molecular flexibility index (Phi) is 5.09. The monoisotopic (exact) mass is 108 g/mol. The Labute approximate surface area is 48.6 Å². The lowest BCUT2D eigenvalue weighted by atomic mass is 10.3. The summed E-state index contributed by atoms with van der Waals surface area (Å²) in [6.45, 7) is 0. The molecule has 0 aromatic heterocycles. The molecular weight excluding hydrogens is 100 g/mol. The molecule has 0 spiro atoms. The highest BCUT2D eigenvalue weighted by atomic mass is 14.3. The van der Waals surface area contributed by atoms with Crippen molar-refractivity contribution < 1.29 is 0 Å². The first kappa shape index (κ1) is 6.90. The largest absolute Gasteiger partial charge is 0.259 e. The Morgan fingerprint density at radius 2 is 1.38 bits per heavy atom. The number of unbranched alkanes of at least 4 members (excludes halogenated alkanes) is 1. The van der Waals surface area contributed by atoms with E-state index in [4.69, 9.17) is 10.8 Å². The van der Waals surface area contributed by atoms with E-state index in [-0.39, 0.29) is 0 Å². The van der Waals surface area contributed by atoms with Crippen molar-refractivity contribution in [3.05, 3.63) is 12.2 Å². The third-order valence-corrected chi connectivity index (χ3v) is 0.659. The first-order valence-corrected chi connectivity index (χ1v) is 2.39. The molecule has 42 valence electrons. The second-order valence-corrected chi connectivity index (χ2v) is 1.27. The summed E-state index contributed by atoms with van der Waals surface area (Å²) in [5.74, 6) is 4.29. The van der Waals surface area contributed by atoms with Gasteiger partial charge in [-0.2, -0.15) is 0 Å². The van der Waals surface area contributed by atoms with Gasteiger partial charge in [-0.3, -0.25) is 10.8 Å². The molecule has 0 aliphatic heterocycles. The quantitative estimate of drug-likeness (QED) is 0.405. The standard InChI is InChI=1S/C6H8N2/c7-5-3-1-2-4-6-8/h3-4,7-8H,1-2H2. The molecule has 8 heavy (non-hydrogen) atoms. The van der Waals surface area contributed by atoms with Crippen LogP contribution in [0.1, 0.15) is 12.8 Å². The van der Waals surface area contributed by atoms with Crippen molar-refractivity contribution in [3.8, 4) is 0 Å². The maximum absolute atomic E-state index is 6.45. The second kappa shape index (κ2) is 5.90. The Hall–Kier alpha value is -1.10. The lowest BCUT2D eigenvalue weighted by molar-refractivity contribution is 1.07. The fourth-order valence-electron chi connectivity index (χ4n) is 0.311. The van der Waals surface area contributed by atoms with Crippen LogP contribution in [0.15, 0.2) is 12.2 Å². The van der Waals surface area contributed by atoms with Gasteiger partial charge in [0.25, 0.3) is 0 Å². The summed E-state index contributed by atoms with van der Waals surface area (Å²) >= 11 is 0. The van der Waals surface area contributed by atoms with Crippen LogP contribution in [-0.2, 0) is 0 Å². The molecule has 0 saturated heterocycles. The van der Waals surface area contributed by atoms with E-state index in [9.17, 15) is 0 Å². The van der Waals surface area contributed by atoms with Crippen LogP contribution in [0, 0.1) is 10.8 Å². The van der Waals surface area contributed by atoms with Crippen molar-refractivity contribution in [2.75, 3.05) is 0 Å². The van der Waals surface area contributed by atoms with Crippen molar-refractivity contribution >= 4 is 11.7 Å². The molecule has 0 heterocycles. The molecule has 0 aromatic carbocycles. The highest BCUT2D eigenvalue weighted by Crippen LogP contribution is 1.85. The number of allylic oxidation sites excluding steroid dienone is 2. The highest BCUT2D eigenvalue weighted by molar-refractivity contribution is 5.49. The van der Waals surface area contributed by atoms with Crippen LogP contribution in [0.3, 0.4) is 0 Å². The van der Waals surface area contributed by atoms with Crippen LogP contribution in [-0.4, -0.2) is 11.7 Å². The summed E-state index contributed by atoms with van der Waals surface area (Å²) in [7, 11) is 0. The average Bonchev–Trinajstić information content (AvgIpc) is 1.81. The molecule has 0 aliphatic rings. The Balaban J connectivity index is 3.18. The summed E-state index contributed by atoms with van der Waals surface area (Å²) in [5.41, 5.74) is 0. The Morgan fingerprint density at radius 1 is 1.00 bits per heavy atom. The maximum atomic E-state index is 6.45. The molecule has 2 nitrogen and oxygen atoms in total. The Morgan fingerprint density at radius 3 is 1.62 bits per heavy atom. The van der Waals surface area contributed by atoms with Crippen LogP contribution in [0.5, 0.6) is 0 Å². The molecular formula is C6H8N2. The van der Waals surface area contributed by atoms with E-state index in [1.165, 1.54) is 0 Å². The van der Waals surface area contributed by atoms with E-state index < -0.39 is 0 Å². The summed E-state index contributed by atoms with van der Waals surface area (Å²) in [6, 6.07) is 0. The first-order valence-electron chi connectivity index (χ1n) is 2.39. The fraction of sp³-hybridized carbons (Fsp3) is 0.333. The predicted molar refractivity (Wildman–Crippen MR) is 33.8 cm³/mol. The van der Waals surface area contributed by atoms with Crippen molar-refractivity contribution in [2.45, 2.75) is 12.8 Å². The second-order valence-electron chi connectivity index (χ2n) is 1.27. The van der Waals surface area contributed by atoms with E-state index in [0.29, 0.717) is 0 Å². The van der Waals surface area contributed by atoms with Gasteiger partial charge >= 0.3 is 0 Å². The van der Waals surface area contributed by atoms with Crippen LogP contribution in [0.25, 0.3) is 0 Å². The van der Waals surface area contributed by atoms with Gasteiger partial charge in [0.1, 0.15) is 0 Å². The van der Waals surface area contributed by atoms with Gasteiger partial charge in [-0.05, 0) is 36.7 Å². The highest BCUT2D eigenvalue weighted by Gasteiger charge is 1.70. The predicted octanol–water partition coefficient (Wildman–Crippen LogP) is 1.38. The summed E-state index contributed by atoms with van der Waals surface area (Å²) in [5, 5.41) is 12.9. The van der Waals surface area contributed by atoms with Crippen LogP contribution >= 0.6 is 0 Å². The lowest BCUT2D eigenvalue weighted by Crippen LogP contribution is -1.62. The molecule has 0 fully saturated rings. The minimum absolute atomic E-state index is 0.787. The van der Waals surface area contributed by atoms with Crippen molar-refractivity contribution in [1.82, 2.24) is 0 Å². The van der Waals surface area contributed by atoms with Gasteiger partial charge < -0.3 is 0 Å². The zero-order valence-corrected chi connectivity index (χ0v) is 4.57. The van der Waals surface area contributed by atoms with Crippen LogP contribution in [0.4, 0.5) is 0 Å². The molecule has 0 aromatic rings. The van der Waals surface area contributed by atoms with Gasteiger partial charge in [0, 0.05) is 0 Å². The zero-order valence-electron chi connectivity index (χ0n) is 4.57. The van der Waals surface area contributed by atoms with Crippen LogP contribution in [0.2, 0.25) is 0 Å². The minimum Gasteiger partial charge on any atom is -0.259 e. The average molecular weight is 108 g/mol. The Bertz CT molecular complexity index is 119. The topological polar surface area (TPSA) is 47.7 Å². The molecule has 0 bridgehead atoms. The van der Waals surface area contributed by atoms with Gasteiger partial charge in [-0.1, -0.05) is 0 Å². The SMILES string of the molecule is N=C=CCCC=C=N.